The van der Waals surface area contributed by atoms with Crippen LogP contribution in [0.25, 0.3) is 0 Å². The molecule has 6 heteroatoms. The minimum Gasteiger partial charge on any atom is -0.497 e. The normalized spacial score (nSPS) is 11.0. The van der Waals surface area contributed by atoms with E-state index in [1.807, 2.05) is 24.3 Å². The number of hydrazone groups is 1. The first kappa shape index (κ1) is 13.7. The number of ether oxygens (including phenoxy) is 1. The molecule has 2 rings (SSSR count). The average molecular weight is 270 g/mol. The quantitative estimate of drug-likeness (QED) is 0.677. The van der Waals surface area contributed by atoms with Crippen molar-refractivity contribution in [3.05, 3.63) is 54.1 Å². The number of amides is 1. The molecular weight excluding hydrogens is 256 g/mol. The largest absolute Gasteiger partial charge is 0.497 e. The monoisotopic (exact) mass is 270 g/mol. The highest BCUT2D eigenvalue weighted by molar-refractivity contribution is 6.00. The zero-order chi connectivity index (χ0) is 14.4. The zero-order valence-electron chi connectivity index (χ0n) is 11.2. The van der Waals surface area contributed by atoms with Crippen LogP contribution in [0.5, 0.6) is 5.75 Å². The molecule has 0 saturated carbocycles. The van der Waals surface area contributed by atoms with E-state index < -0.39 is 5.91 Å². The Bertz CT molecular complexity index is 609. The zero-order valence-corrected chi connectivity index (χ0v) is 11.2. The van der Waals surface area contributed by atoms with Gasteiger partial charge in [0.1, 0.15) is 11.4 Å². The van der Waals surface area contributed by atoms with Gasteiger partial charge in [-0.1, -0.05) is 0 Å². The number of benzene rings is 1. The third kappa shape index (κ3) is 3.38. The molecule has 102 valence electrons. The van der Waals surface area contributed by atoms with Crippen molar-refractivity contribution in [3.63, 3.8) is 0 Å². The second-order valence-corrected chi connectivity index (χ2v) is 3.96. The standard InChI is InChI=1S/C14H14N4O2/c1-10(11-3-5-12(20-2)6-4-11)17-18-14(19)13-9-15-7-8-16-13/h3-9H,1-2H3,(H,18,19)/b17-10+. The van der Waals surface area contributed by atoms with Crippen molar-refractivity contribution < 1.29 is 9.53 Å². The minimum atomic E-state index is -0.397. The Labute approximate surface area is 116 Å². The summed E-state index contributed by atoms with van der Waals surface area (Å²) in [4.78, 5) is 19.5. The van der Waals surface area contributed by atoms with Gasteiger partial charge in [0.15, 0.2) is 0 Å². The van der Waals surface area contributed by atoms with Gasteiger partial charge >= 0.3 is 0 Å². The van der Waals surface area contributed by atoms with Crippen LogP contribution in [0.2, 0.25) is 0 Å². The molecule has 1 aromatic carbocycles. The van der Waals surface area contributed by atoms with Crippen LogP contribution in [0, 0.1) is 0 Å². The fraction of sp³-hybridized carbons (Fsp3) is 0.143. The average Bonchev–Trinajstić information content (AvgIpc) is 2.53. The van der Waals surface area contributed by atoms with Crippen LogP contribution in [0.4, 0.5) is 0 Å². The summed E-state index contributed by atoms with van der Waals surface area (Å²) in [5.74, 6) is 0.371. The Kier molecular flexibility index (Phi) is 4.39. The maximum Gasteiger partial charge on any atom is 0.291 e. The lowest BCUT2D eigenvalue weighted by atomic mass is 10.1. The van der Waals surface area contributed by atoms with E-state index in [0.29, 0.717) is 5.71 Å². The Morgan fingerprint density at radius 1 is 1.25 bits per heavy atom. The molecule has 1 N–H and O–H groups in total. The van der Waals surface area contributed by atoms with Crippen LogP contribution < -0.4 is 10.2 Å². The maximum atomic E-state index is 11.7. The molecule has 2 aromatic rings. The fourth-order valence-corrected chi connectivity index (χ4v) is 1.51. The van der Waals surface area contributed by atoms with Crippen LogP contribution in [-0.2, 0) is 0 Å². The summed E-state index contributed by atoms with van der Waals surface area (Å²) in [6.45, 7) is 1.80. The SMILES string of the molecule is COc1ccc(/C(C)=N/NC(=O)c2cnccn2)cc1. The molecule has 0 aliphatic heterocycles. The number of methoxy groups -OCH3 is 1. The van der Waals surface area contributed by atoms with Crippen LogP contribution in [-0.4, -0.2) is 28.7 Å². The molecule has 0 saturated heterocycles. The number of carbonyl (C=O) groups excluding carboxylic acids is 1. The van der Waals surface area contributed by atoms with E-state index in [4.69, 9.17) is 4.74 Å². The molecule has 6 nitrogen and oxygen atoms in total. The lowest BCUT2D eigenvalue weighted by Crippen LogP contribution is -2.20. The van der Waals surface area contributed by atoms with Crippen molar-refractivity contribution in [1.29, 1.82) is 0 Å². The van der Waals surface area contributed by atoms with Gasteiger partial charge in [0.25, 0.3) is 5.91 Å². The summed E-state index contributed by atoms with van der Waals surface area (Å²) in [6, 6.07) is 7.40. The summed E-state index contributed by atoms with van der Waals surface area (Å²) in [5.41, 5.74) is 4.24. The molecule has 0 radical (unpaired) electrons. The molecule has 0 bridgehead atoms. The number of nitrogens with zero attached hydrogens (tertiary/aromatic N) is 3. The summed E-state index contributed by atoms with van der Waals surface area (Å²) in [5, 5.41) is 4.03. The Morgan fingerprint density at radius 2 is 2.00 bits per heavy atom. The summed E-state index contributed by atoms with van der Waals surface area (Å²) in [7, 11) is 1.61. The van der Waals surface area contributed by atoms with Crippen molar-refractivity contribution in [1.82, 2.24) is 15.4 Å². The number of hydrogen-bond donors (Lipinski definition) is 1. The van der Waals surface area contributed by atoms with E-state index in [1.54, 1.807) is 14.0 Å². The predicted molar refractivity (Wildman–Crippen MR) is 74.7 cm³/mol. The van der Waals surface area contributed by atoms with Crippen LogP contribution in [0.1, 0.15) is 23.0 Å². The van der Waals surface area contributed by atoms with Gasteiger partial charge < -0.3 is 4.74 Å². The lowest BCUT2D eigenvalue weighted by molar-refractivity contribution is 0.0949. The van der Waals surface area contributed by atoms with Gasteiger partial charge in [0, 0.05) is 12.4 Å². The van der Waals surface area contributed by atoms with Crippen molar-refractivity contribution in [2.45, 2.75) is 6.92 Å². The number of hydrogen-bond acceptors (Lipinski definition) is 5. The number of rotatable bonds is 4. The summed E-state index contributed by atoms with van der Waals surface area (Å²) < 4.78 is 5.08. The molecule has 0 aliphatic carbocycles. The molecule has 0 fully saturated rings. The molecule has 0 unspecified atom stereocenters. The molecule has 20 heavy (non-hydrogen) atoms. The van der Waals surface area contributed by atoms with E-state index in [0.717, 1.165) is 11.3 Å². The van der Waals surface area contributed by atoms with E-state index in [9.17, 15) is 4.79 Å². The molecule has 1 heterocycles. The predicted octanol–water partition coefficient (Wildman–Crippen LogP) is 1.64. The van der Waals surface area contributed by atoms with Gasteiger partial charge in [-0.15, -0.1) is 0 Å². The minimum absolute atomic E-state index is 0.221. The van der Waals surface area contributed by atoms with Crippen LogP contribution in [0.15, 0.2) is 48.0 Å². The third-order valence-electron chi connectivity index (χ3n) is 2.63. The third-order valence-corrected chi connectivity index (χ3v) is 2.63. The topological polar surface area (TPSA) is 76.5 Å². The van der Waals surface area contributed by atoms with E-state index >= 15 is 0 Å². The highest BCUT2D eigenvalue weighted by Gasteiger charge is 2.06. The first-order valence-electron chi connectivity index (χ1n) is 5.96. The second kappa shape index (κ2) is 6.42. The second-order valence-electron chi connectivity index (χ2n) is 3.96. The number of carbonyl (C=O) groups is 1. The van der Waals surface area contributed by atoms with Crippen molar-refractivity contribution in [3.8, 4) is 5.75 Å². The fourth-order valence-electron chi connectivity index (χ4n) is 1.51. The smallest absolute Gasteiger partial charge is 0.291 e. The first-order valence-corrected chi connectivity index (χ1v) is 5.96. The molecule has 0 spiro atoms. The maximum absolute atomic E-state index is 11.7. The van der Waals surface area contributed by atoms with Gasteiger partial charge in [0.05, 0.1) is 19.0 Å². The van der Waals surface area contributed by atoms with Crippen molar-refractivity contribution in [2.75, 3.05) is 7.11 Å². The Morgan fingerprint density at radius 3 is 2.60 bits per heavy atom. The lowest BCUT2D eigenvalue weighted by Gasteiger charge is -2.04. The van der Waals surface area contributed by atoms with E-state index in [2.05, 4.69) is 20.5 Å². The van der Waals surface area contributed by atoms with Crippen LogP contribution in [0.3, 0.4) is 0 Å². The molecule has 0 atom stereocenters. The molecule has 1 aromatic heterocycles. The number of aromatic nitrogens is 2. The number of nitrogens with one attached hydrogen (secondary N) is 1. The molecule has 0 aliphatic rings. The summed E-state index contributed by atoms with van der Waals surface area (Å²) >= 11 is 0. The van der Waals surface area contributed by atoms with Gasteiger partial charge in [-0.05, 0) is 36.8 Å². The van der Waals surface area contributed by atoms with E-state index in [1.165, 1.54) is 18.6 Å². The Hall–Kier alpha value is -2.76. The highest BCUT2D eigenvalue weighted by Crippen LogP contribution is 2.11. The van der Waals surface area contributed by atoms with Gasteiger partial charge in [-0.25, -0.2) is 10.4 Å². The van der Waals surface area contributed by atoms with E-state index in [-0.39, 0.29) is 5.69 Å². The Balaban J connectivity index is 2.05. The summed E-state index contributed by atoms with van der Waals surface area (Å²) in [6.07, 6.45) is 4.34. The van der Waals surface area contributed by atoms with Gasteiger partial charge in [-0.2, -0.15) is 5.10 Å². The molecular formula is C14H14N4O2. The van der Waals surface area contributed by atoms with Crippen LogP contribution >= 0.6 is 0 Å². The highest BCUT2D eigenvalue weighted by atomic mass is 16.5. The first-order chi connectivity index (χ1) is 9.70. The van der Waals surface area contributed by atoms with Crippen molar-refractivity contribution >= 4 is 11.6 Å². The van der Waals surface area contributed by atoms with Gasteiger partial charge in [-0.3, -0.25) is 9.78 Å². The van der Waals surface area contributed by atoms with Crippen molar-refractivity contribution in [2.24, 2.45) is 5.10 Å². The van der Waals surface area contributed by atoms with Gasteiger partial charge in [0.2, 0.25) is 0 Å². The molecule has 1 amide bonds.